The Labute approximate surface area is 296 Å². The molecule has 5 aliphatic rings. The number of benzene rings is 4. The van der Waals surface area contributed by atoms with Crippen LogP contribution < -0.4 is 21.3 Å². The van der Waals surface area contributed by atoms with E-state index in [4.69, 9.17) is 0 Å². The third kappa shape index (κ3) is 5.90. The van der Waals surface area contributed by atoms with E-state index in [0.717, 1.165) is 43.1 Å². The van der Waals surface area contributed by atoms with Crippen LogP contribution in [-0.2, 0) is 0 Å². The van der Waals surface area contributed by atoms with Crippen LogP contribution in [0.1, 0.15) is 82.0 Å². The predicted octanol–water partition coefficient (Wildman–Crippen LogP) is 6.98. The Hall–Kier alpha value is -4.13. The van der Waals surface area contributed by atoms with Crippen LogP contribution in [0.2, 0.25) is 0 Å². The molecule has 4 aromatic rings. The van der Waals surface area contributed by atoms with Crippen molar-refractivity contribution in [2.24, 2.45) is 0 Å². The van der Waals surface area contributed by atoms with E-state index in [0.29, 0.717) is 24.0 Å². The van der Waals surface area contributed by atoms with Gasteiger partial charge in [0.15, 0.2) is 0 Å². The summed E-state index contributed by atoms with van der Waals surface area (Å²) in [6.07, 6.45) is 15.2. The maximum absolute atomic E-state index is 12.5. The molecule has 0 amide bonds. The molecule has 3 saturated heterocycles. The smallest absolute Gasteiger partial charge is 0.150 e. The Morgan fingerprint density at radius 3 is 1.14 bits per heavy atom. The molecule has 9 rings (SSSR count). The summed E-state index contributed by atoms with van der Waals surface area (Å²) in [6.45, 7) is 0. The van der Waals surface area contributed by atoms with Crippen molar-refractivity contribution in [3.05, 3.63) is 167 Å². The van der Waals surface area contributed by atoms with Crippen LogP contribution >= 0.6 is 0 Å². The van der Waals surface area contributed by atoms with Gasteiger partial charge in [-0.1, -0.05) is 140 Å². The average molecular weight is 661 g/mol. The molecule has 5 heterocycles. The normalized spacial score (nSPS) is 36.1. The minimum absolute atomic E-state index is 0.106. The highest BCUT2D eigenvalue weighted by atomic mass is 16.1. The Balaban J connectivity index is 1.15. The van der Waals surface area contributed by atoms with Gasteiger partial charge in [0.05, 0.1) is 0 Å². The Bertz CT molecular complexity index is 1790. The summed E-state index contributed by atoms with van der Waals surface area (Å²) in [5.41, 5.74) is 6.09. The number of carbonyl (C=O) groups is 1. The Kier molecular flexibility index (Phi) is 8.84. The molecule has 0 radical (unpaired) electrons. The molecule has 12 unspecified atom stereocenters. The number of hydrogen-bond donors (Lipinski definition) is 4. The average Bonchev–Trinajstić information content (AvgIpc) is 4.01. The molecule has 50 heavy (non-hydrogen) atoms. The zero-order valence-electron chi connectivity index (χ0n) is 28.5. The van der Waals surface area contributed by atoms with Crippen LogP contribution in [0.15, 0.2) is 140 Å². The SMILES string of the molecule is O=Cc1ccccc1C1C2C=CC(N2)C(c2ccccc2)C2CCC(N2)C(c2ccccc2)C2C=CC(N2)C(c2ccccc2)C2CCC1N2. The quantitative estimate of drug-likeness (QED) is 0.138. The van der Waals surface area contributed by atoms with Gasteiger partial charge in [-0.25, -0.2) is 0 Å². The first-order valence-electron chi connectivity index (χ1n) is 18.8. The van der Waals surface area contributed by atoms with Gasteiger partial charge in [-0.2, -0.15) is 0 Å². The summed E-state index contributed by atoms with van der Waals surface area (Å²) in [5, 5.41) is 16.9. The molecule has 0 aliphatic carbocycles. The fourth-order valence-electron chi connectivity index (χ4n) is 10.5. The van der Waals surface area contributed by atoms with E-state index in [2.05, 4.69) is 149 Å². The molecular weight excluding hydrogens is 613 g/mol. The molecule has 5 nitrogen and oxygen atoms in total. The molecule has 5 aliphatic heterocycles. The van der Waals surface area contributed by atoms with Crippen LogP contribution in [0.3, 0.4) is 0 Å². The first-order valence-corrected chi connectivity index (χ1v) is 18.8. The predicted molar refractivity (Wildman–Crippen MR) is 202 cm³/mol. The molecule has 8 bridgehead atoms. The van der Waals surface area contributed by atoms with Gasteiger partial charge in [0, 0.05) is 77.6 Å². The van der Waals surface area contributed by atoms with Gasteiger partial charge < -0.3 is 21.3 Å². The van der Waals surface area contributed by atoms with E-state index < -0.39 is 0 Å². The lowest BCUT2D eigenvalue weighted by Crippen LogP contribution is -2.52. The van der Waals surface area contributed by atoms with Gasteiger partial charge in [-0.3, -0.25) is 4.79 Å². The van der Waals surface area contributed by atoms with Crippen LogP contribution in [0.25, 0.3) is 0 Å². The highest BCUT2D eigenvalue weighted by Gasteiger charge is 2.47. The Morgan fingerprint density at radius 1 is 0.400 bits per heavy atom. The summed E-state index contributed by atoms with van der Waals surface area (Å²) in [6, 6.07) is 43.6. The second-order valence-electron chi connectivity index (χ2n) is 15.2. The van der Waals surface area contributed by atoms with E-state index >= 15 is 0 Å². The minimum atomic E-state index is 0.106. The van der Waals surface area contributed by atoms with E-state index in [1.807, 2.05) is 12.1 Å². The zero-order valence-corrected chi connectivity index (χ0v) is 28.5. The molecule has 0 spiro atoms. The highest BCUT2D eigenvalue weighted by Crippen LogP contribution is 2.43. The Morgan fingerprint density at radius 2 is 0.740 bits per heavy atom. The van der Waals surface area contributed by atoms with Crippen molar-refractivity contribution in [3.63, 3.8) is 0 Å². The lowest BCUT2D eigenvalue weighted by Gasteiger charge is -2.38. The van der Waals surface area contributed by atoms with Crippen molar-refractivity contribution >= 4 is 6.29 Å². The van der Waals surface area contributed by atoms with Crippen LogP contribution in [0.4, 0.5) is 0 Å². The van der Waals surface area contributed by atoms with Crippen molar-refractivity contribution in [2.75, 3.05) is 0 Å². The van der Waals surface area contributed by atoms with Crippen molar-refractivity contribution in [1.82, 2.24) is 21.3 Å². The molecule has 5 heteroatoms. The second-order valence-corrected chi connectivity index (χ2v) is 15.2. The molecular formula is C45H48N4O. The largest absolute Gasteiger partial charge is 0.310 e. The number of rotatable bonds is 5. The van der Waals surface area contributed by atoms with Crippen molar-refractivity contribution in [1.29, 1.82) is 0 Å². The van der Waals surface area contributed by atoms with Gasteiger partial charge in [0.2, 0.25) is 0 Å². The number of carbonyl (C=O) groups excluding carboxylic acids is 1. The summed E-state index contributed by atoms with van der Waals surface area (Å²) in [7, 11) is 0. The van der Waals surface area contributed by atoms with Gasteiger partial charge in [0.1, 0.15) is 6.29 Å². The number of fused-ring (bicyclic) bond motifs is 8. The molecule has 3 fully saturated rings. The highest BCUT2D eigenvalue weighted by molar-refractivity contribution is 5.77. The molecule has 4 aromatic carbocycles. The van der Waals surface area contributed by atoms with Gasteiger partial charge in [-0.05, 0) is 47.9 Å². The molecule has 12 atom stereocenters. The third-order valence-corrected chi connectivity index (χ3v) is 12.6. The summed E-state index contributed by atoms with van der Waals surface area (Å²) in [4.78, 5) is 12.5. The van der Waals surface area contributed by atoms with Crippen molar-refractivity contribution in [2.45, 2.75) is 97.7 Å². The van der Waals surface area contributed by atoms with Gasteiger partial charge in [0.25, 0.3) is 0 Å². The molecule has 0 saturated carbocycles. The maximum atomic E-state index is 12.5. The van der Waals surface area contributed by atoms with E-state index in [9.17, 15) is 4.79 Å². The van der Waals surface area contributed by atoms with Crippen molar-refractivity contribution in [3.8, 4) is 0 Å². The first-order chi connectivity index (χ1) is 24.7. The van der Waals surface area contributed by atoms with E-state index in [1.165, 1.54) is 16.7 Å². The minimum Gasteiger partial charge on any atom is -0.310 e. The van der Waals surface area contributed by atoms with Gasteiger partial charge in [-0.15, -0.1) is 0 Å². The third-order valence-electron chi connectivity index (χ3n) is 12.6. The summed E-state index contributed by atoms with van der Waals surface area (Å²) < 4.78 is 0. The van der Waals surface area contributed by atoms with Crippen LogP contribution in [0.5, 0.6) is 0 Å². The maximum Gasteiger partial charge on any atom is 0.150 e. The molecule has 4 N–H and O–H groups in total. The number of hydrogen-bond acceptors (Lipinski definition) is 5. The fraction of sp³-hybridized carbons (Fsp3) is 0.356. The van der Waals surface area contributed by atoms with E-state index in [1.54, 1.807) is 0 Å². The fourth-order valence-corrected chi connectivity index (χ4v) is 10.5. The lowest BCUT2D eigenvalue weighted by molar-refractivity contribution is 0.112. The number of nitrogens with one attached hydrogen (secondary N) is 4. The van der Waals surface area contributed by atoms with Crippen LogP contribution in [0, 0.1) is 0 Å². The zero-order chi connectivity index (χ0) is 33.4. The first kappa shape index (κ1) is 31.8. The lowest BCUT2D eigenvalue weighted by atomic mass is 9.82. The summed E-state index contributed by atoms with van der Waals surface area (Å²) >= 11 is 0. The topological polar surface area (TPSA) is 65.2 Å². The van der Waals surface area contributed by atoms with E-state index in [-0.39, 0.29) is 48.0 Å². The number of aldehydes is 1. The standard InChI is InChI=1S/C45H48N4O/c50-28-32-18-10-11-19-33(32)45-40-26-24-38(48-40)43(30-14-6-2-7-15-30)36-22-20-34(46-36)42(29-12-4-1-5-13-29)35-21-23-37(47-35)44(31-16-8-3-9-17-31)39-25-27-41(45)49-39/h1-20,22,25,27-28,34-49H,21,23-24,26H2. The summed E-state index contributed by atoms with van der Waals surface area (Å²) in [5.74, 6) is 0.993. The van der Waals surface area contributed by atoms with Crippen molar-refractivity contribution < 1.29 is 4.79 Å². The molecule has 0 aromatic heterocycles. The monoisotopic (exact) mass is 660 g/mol. The second kappa shape index (κ2) is 13.9. The van der Waals surface area contributed by atoms with Crippen LogP contribution in [-0.4, -0.2) is 54.6 Å². The van der Waals surface area contributed by atoms with Gasteiger partial charge >= 0.3 is 0 Å². The molecule has 254 valence electrons.